The first kappa shape index (κ1) is 28.5. The Hall–Kier alpha value is -2.50. The molecule has 33 heavy (non-hydrogen) atoms. The van der Waals surface area contributed by atoms with Crippen molar-refractivity contribution in [3.05, 3.63) is 58.7 Å². The van der Waals surface area contributed by atoms with Crippen molar-refractivity contribution in [3.8, 4) is 5.75 Å². The molecular formula is C27H37F3O3. The second-order valence-electron chi connectivity index (χ2n) is 10.2. The molecule has 6 heteroatoms. The monoisotopic (exact) mass is 466 g/mol. The molecule has 0 spiro atoms. The molecule has 3 nitrogen and oxygen atoms in total. The molecule has 0 N–H and O–H groups in total. The van der Waals surface area contributed by atoms with Gasteiger partial charge in [-0.25, -0.2) is 4.79 Å². The molecule has 0 aliphatic rings. The maximum Gasteiger partial charge on any atom is 0.422 e. The SMILES string of the molecule is CCOC(=O)/C=C(C)/C=C/C=C(/C)c1cc(C(C)(C)C)cc(C(C)(C)C)c1OCC(F)(F)F. The van der Waals surface area contributed by atoms with Gasteiger partial charge in [0.25, 0.3) is 0 Å². The fourth-order valence-corrected chi connectivity index (χ4v) is 3.07. The van der Waals surface area contributed by atoms with Crippen LogP contribution in [0.25, 0.3) is 5.57 Å². The summed E-state index contributed by atoms with van der Waals surface area (Å²) in [6.07, 6.45) is 2.25. The van der Waals surface area contributed by atoms with Gasteiger partial charge in [-0.2, -0.15) is 13.2 Å². The number of carbonyl (C=O) groups excluding carboxylic acids is 1. The quantitative estimate of drug-likeness (QED) is 0.235. The van der Waals surface area contributed by atoms with E-state index < -0.39 is 24.2 Å². The largest absolute Gasteiger partial charge is 0.483 e. The van der Waals surface area contributed by atoms with Crippen molar-refractivity contribution in [2.45, 2.75) is 79.3 Å². The molecule has 1 aromatic rings. The van der Waals surface area contributed by atoms with Gasteiger partial charge >= 0.3 is 12.1 Å². The zero-order chi connectivity index (χ0) is 25.6. The van der Waals surface area contributed by atoms with Gasteiger partial charge in [-0.3, -0.25) is 0 Å². The predicted molar refractivity (Wildman–Crippen MR) is 129 cm³/mol. The van der Waals surface area contributed by atoms with Gasteiger partial charge in [-0.15, -0.1) is 0 Å². The lowest BCUT2D eigenvalue weighted by atomic mass is 9.78. The zero-order valence-electron chi connectivity index (χ0n) is 21.2. The van der Waals surface area contributed by atoms with Gasteiger partial charge in [0.1, 0.15) is 5.75 Å². The Bertz CT molecular complexity index is 922. The van der Waals surface area contributed by atoms with E-state index in [0.717, 1.165) is 16.7 Å². The summed E-state index contributed by atoms with van der Waals surface area (Å²) in [7, 11) is 0. The van der Waals surface area contributed by atoms with Crippen molar-refractivity contribution < 1.29 is 27.4 Å². The molecule has 0 saturated carbocycles. The highest BCUT2D eigenvalue weighted by Gasteiger charge is 2.32. The van der Waals surface area contributed by atoms with Crippen molar-refractivity contribution in [1.29, 1.82) is 0 Å². The Labute approximate surface area is 196 Å². The fraction of sp³-hybridized carbons (Fsp3) is 0.519. The van der Waals surface area contributed by atoms with E-state index >= 15 is 0 Å². The normalized spacial score (nSPS) is 14.1. The molecular weight excluding hydrogens is 429 g/mol. The van der Waals surface area contributed by atoms with Gasteiger partial charge in [0, 0.05) is 17.2 Å². The molecule has 0 radical (unpaired) electrons. The lowest BCUT2D eigenvalue weighted by molar-refractivity contribution is -0.153. The van der Waals surface area contributed by atoms with Crippen LogP contribution in [0.4, 0.5) is 13.2 Å². The lowest BCUT2D eigenvalue weighted by Crippen LogP contribution is -2.23. The van der Waals surface area contributed by atoms with E-state index in [9.17, 15) is 18.0 Å². The second-order valence-corrected chi connectivity index (χ2v) is 10.2. The maximum atomic E-state index is 13.0. The fourth-order valence-electron chi connectivity index (χ4n) is 3.07. The minimum atomic E-state index is -4.44. The highest BCUT2D eigenvalue weighted by atomic mass is 19.4. The van der Waals surface area contributed by atoms with Crippen molar-refractivity contribution in [2.24, 2.45) is 0 Å². The number of esters is 1. The highest BCUT2D eigenvalue weighted by Crippen LogP contribution is 2.41. The van der Waals surface area contributed by atoms with Gasteiger partial charge in [-0.1, -0.05) is 65.8 Å². The number of hydrogen-bond donors (Lipinski definition) is 0. The van der Waals surface area contributed by atoms with Gasteiger partial charge < -0.3 is 9.47 Å². The number of carbonyl (C=O) groups is 1. The number of allylic oxidation sites excluding steroid dienone is 5. The molecule has 0 fully saturated rings. The van der Waals surface area contributed by atoms with Crippen LogP contribution in [0.1, 0.15) is 79.0 Å². The Kier molecular flexibility index (Phi) is 9.58. The summed E-state index contributed by atoms with van der Waals surface area (Å²) < 4.78 is 49.4. The summed E-state index contributed by atoms with van der Waals surface area (Å²) in [5, 5.41) is 0. The molecule has 1 rings (SSSR count). The van der Waals surface area contributed by atoms with E-state index in [2.05, 4.69) is 20.8 Å². The van der Waals surface area contributed by atoms with Gasteiger partial charge in [-0.05, 0) is 54.4 Å². The minimum absolute atomic E-state index is 0.202. The Morgan fingerprint density at radius 1 is 1.00 bits per heavy atom. The predicted octanol–water partition coefficient (Wildman–Crippen LogP) is 7.69. The number of ether oxygens (including phenoxy) is 2. The molecule has 1 aromatic carbocycles. The van der Waals surface area contributed by atoms with Gasteiger partial charge in [0.15, 0.2) is 6.61 Å². The van der Waals surface area contributed by atoms with Crippen molar-refractivity contribution in [3.63, 3.8) is 0 Å². The van der Waals surface area contributed by atoms with Gasteiger partial charge in [0.2, 0.25) is 0 Å². The van der Waals surface area contributed by atoms with Crippen LogP contribution in [0, 0.1) is 0 Å². The first-order valence-electron chi connectivity index (χ1n) is 11.0. The number of hydrogen-bond acceptors (Lipinski definition) is 3. The topological polar surface area (TPSA) is 35.5 Å². The third-order valence-electron chi connectivity index (χ3n) is 4.91. The number of halogens is 3. The molecule has 0 atom stereocenters. The summed E-state index contributed by atoms with van der Waals surface area (Å²) in [6.45, 7) is 16.4. The standard InChI is InChI=1S/C27H37F3O3/c1-10-32-23(31)14-18(2)12-11-13-19(3)21-15-20(25(4,5)6)16-22(26(7,8)9)24(21)33-17-27(28,29)30/h11-16H,10,17H2,1-9H3/b12-11+,18-14+,19-13-. The molecule has 0 unspecified atom stereocenters. The van der Waals surface area contributed by atoms with Crippen LogP contribution in [-0.2, 0) is 20.4 Å². The number of rotatable bonds is 7. The molecule has 0 heterocycles. The minimum Gasteiger partial charge on any atom is -0.483 e. The van der Waals surface area contributed by atoms with Crippen molar-refractivity contribution in [1.82, 2.24) is 0 Å². The zero-order valence-corrected chi connectivity index (χ0v) is 21.2. The maximum absolute atomic E-state index is 13.0. The van der Waals surface area contributed by atoms with Crippen LogP contribution in [0.5, 0.6) is 5.75 Å². The van der Waals surface area contributed by atoms with E-state index in [4.69, 9.17) is 9.47 Å². The first-order chi connectivity index (χ1) is 15.0. The molecule has 0 saturated heterocycles. The van der Waals surface area contributed by atoms with E-state index in [1.165, 1.54) is 6.08 Å². The van der Waals surface area contributed by atoms with E-state index in [1.54, 1.807) is 32.1 Å². The molecule has 0 aromatic heterocycles. The average molecular weight is 467 g/mol. The smallest absolute Gasteiger partial charge is 0.422 e. The van der Waals surface area contributed by atoms with Crippen LogP contribution in [0.3, 0.4) is 0 Å². The van der Waals surface area contributed by atoms with Crippen LogP contribution in [0.2, 0.25) is 0 Å². The summed E-state index contributed by atoms with van der Waals surface area (Å²) in [5.74, 6) is -0.176. The van der Waals surface area contributed by atoms with Gasteiger partial charge in [0.05, 0.1) is 6.61 Å². The summed E-state index contributed by atoms with van der Waals surface area (Å²) in [6, 6.07) is 3.85. The number of benzene rings is 1. The van der Waals surface area contributed by atoms with Crippen molar-refractivity contribution >= 4 is 11.5 Å². The average Bonchev–Trinajstić information content (AvgIpc) is 2.63. The van der Waals surface area contributed by atoms with E-state index in [-0.39, 0.29) is 11.2 Å². The third-order valence-corrected chi connectivity index (χ3v) is 4.91. The van der Waals surface area contributed by atoms with Crippen LogP contribution in [-0.4, -0.2) is 25.4 Å². The summed E-state index contributed by atoms with van der Waals surface area (Å²) in [4.78, 5) is 11.6. The first-order valence-corrected chi connectivity index (χ1v) is 11.0. The molecule has 0 bridgehead atoms. The molecule has 184 valence electrons. The van der Waals surface area contributed by atoms with Crippen LogP contribution in [0.15, 0.2) is 42.0 Å². The Morgan fingerprint density at radius 3 is 2.09 bits per heavy atom. The highest BCUT2D eigenvalue weighted by molar-refractivity contribution is 5.83. The van der Waals surface area contributed by atoms with Crippen LogP contribution < -0.4 is 4.74 Å². The summed E-state index contributed by atoms with van der Waals surface area (Å²) in [5.41, 5.74) is 3.18. The second kappa shape index (κ2) is 11.1. The third kappa shape index (κ3) is 9.48. The van der Waals surface area contributed by atoms with E-state index in [1.807, 2.05) is 39.8 Å². The van der Waals surface area contributed by atoms with Crippen LogP contribution >= 0.6 is 0 Å². The lowest BCUT2D eigenvalue weighted by Gasteiger charge is -2.30. The molecule has 0 aliphatic heterocycles. The number of alkyl halides is 3. The molecule has 0 amide bonds. The van der Waals surface area contributed by atoms with E-state index in [0.29, 0.717) is 17.7 Å². The Morgan fingerprint density at radius 2 is 1.61 bits per heavy atom. The summed E-state index contributed by atoms with van der Waals surface area (Å²) >= 11 is 0. The Balaban J connectivity index is 3.58. The van der Waals surface area contributed by atoms with Crippen molar-refractivity contribution in [2.75, 3.05) is 13.2 Å². The molecule has 0 aliphatic carbocycles.